The predicted molar refractivity (Wildman–Crippen MR) is 47.5 cm³/mol. The summed E-state index contributed by atoms with van der Waals surface area (Å²) in [5, 5.41) is 6.99. The monoisotopic (exact) mass is 153 g/mol. The van der Waals surface area contributed by atoms with Crippen LogP contribution >= 0.6 is 0 Å². The van der Waals surface area contributed by atoms with Crippen LogP contribution in [0.25, 0.3) is 0 Å². The van der Waals surface area contributed by atoms with Gasteiger partial charge in [-0.2, -0.15) is 5.10 Å². The molecular formula is C8H15N3. The average molecular weight is 153 g/mol. The van der Waals surface area contributed by atoms with Crippen LogP contribution in [-0.2, 0) is 0 Å². The van der Waals surface area contributed by atoms with Gasteiger partial charge in [0.2, 0.25) is 0 Å². The van der Waals surface area contributed by atoms with Gasteiger partial charge < -0.3 is 5.32 Å². The van der Waals surface area contributed by atoms with E-state index in [0.29, 0.717) is 0 Å². The number of rotatable bonds is 3. The summed E-state index contributed by atoms with van der Waals surface area (Å²) >= 11 is 0. The van der Waals surface area contributed by atoms with Crippen molar-refractivity contribution in [3.8, 4) is 0 Å². The van der Waals surface area contributed by atoms with Crippen molar-refractivity contribution >= 4 is 6.72 Å². The number of hydrogen-bond acceptors (Lipinski definition) is 3. The van der Waals surface area contributed by atoms with Crippen molar-refractivity contribution < 1.29 is 0 Å². The van der Waals surface area contributed by atoms with Gasteiger partial charge in [-0.1, -0.05) is 6.92 Å². The molecule has 0 saturated heterocycles. The second-order valence-electron chi connectivity index (χ2n) is 2.63. The summed E-state index contributed by atoms with van der Waals surface area (Å²) in [6.45, 7) is 7.61. The number of hydrogen-bond donors (Lipinski definition) is 2. The van der Waals surface area contributed by atoms with Crippen molar-refractivity contribution in [3.63, 3.8) is 0 Å². The van der Waals surface area contributed by atoms with E-state index >= 15 is 0 Å². The highest BCUT2D eigenvalue weighted by Gasteiger charge is 2.08. The van der Waals surface area contributed by atoms with Crippen molar-refractivity contribution in [2.24, 2.45) is 5.10 Å². The summed E-state index contributed by atoms with van der Waals surface area (Å²) in [5.74, 6) is 0. The lowest BCUT2D eigenvalue weighted by Crippen LogP contribution is -2.28. The van der Waals surface area contributed by atoms with E-state index in [9.17, 15) is 0 Å². The topological polar surface area (TPSA) is 36.4 Å². The summed E-state index contributed by atoms with van der Waals surface area (Å²) in [5.41, 5.74) is 5.61. The third kappa shape index (κ3) is 2.05. The molecule has 2 N–H and O–H groups in total. The van der Waals surface area contributed by atoms with E-state index in [4.69, 9.17) is 0 Å². The van der Waals surface area contributed by atoms with E-state index in [2.05, 4.69) is 29.5 Å². The molecule has 0 aromatic rings. The second kappa shape index (κ2) is 4.13. The molecule has 0 bridgehead atoms. The van der Waals surface area contributed by atoms with Crippen molar-refractivity contribution in [2.75, 3.05) is 13.1 Å². The van der Waals surface area contributed by atoms with E-state index in [1.54, 1.807) is 0 Å². The van der Waals surface area contributed by atoms with Crippen LogP contribution in [0.4, 0.5) is 0 Å². The van der Waals surface area contributed by atoms with Crippen LogP contribution in [0.5, 0.6) is 0 Å². The van der Waals surface area contributed by atoms with Crippen LogP contribution in [0.1, 0.15) is 19.8 Å². The van der Waals surface area contributed by atoms with Gasteiger partial charge in [-0.3, -0.25) is 5.43 Å². The Kier molecular flexibility index (Phi) is 3.11. The highest BCUT2D eigenvalue weighted by Crippen LogP contribution is 2.12. The molecule has 0 saturated carbocycles. The molecule has 0 fully saturated rings. The fraction of sp³-hybridized carbons (Fsp3) is 0.625. The summed E-state index contributed by atoms with van der Waals surface area (Å²) < 4.78 is 0. The number of nitrogens with zero attached hydrogens (tertiary/aromatic N) is 1. The van der Waals surface area contributed by atoms with E-state index in [0.717, 1.165) is 25.9 Å². The largest absolute Gasteiger partial charge is 0.313 e. The standard InChI is InChI=1S/C8H15N3/c1-3-7-6-10-5-4-8(7)11-9-2/h10-11H,2-6H2,1H3. The van der Waals surface area contributed by atoms with Crippen molar-refractivity contribution in [1.82, 2.24) is 10.7 Å². The van der Waals surface area contributed by atoms with Gasteiger partial charge >= 0.3 is 0 Å². The molecule has 62 valence electrons. The molecular weight excluding hydrogens is 138 g/mol. The quantitative estimate of drug-likeness (QED) is 0.466. The van der Waals surface area contributed by atoms with Crippen LogP contribution in [0.15, 0.2) is 16.4 Å². The first-order chi connectivity index (χ1) is 5.38. The molecule has 0 aromatic heterocycles. The minimum Gasteiger partial charge on any atom is -0.313 e. The molecule has 3 nitrogen and oxygen atoms in total. The fourth-order valence-electron chi connectivity index (χ4n) is 1.30. The molecule has 0 atom stereocenters. The van der Waals surface area contributed by atoms with Crippen molar-refractivity contribution in [2.45, 2.75) is 19.8 Å². The third-order valence-electron chi connectivity index (χ3n) is 1.96. The second-order valence-corrected chi connectivity index (χ2v) is 2.63. The van der Waals surface area contributed by atoms with Gasteiger partial charge in [-0.05, 0) is 12.0 Å². The van der Waals surface area contributed by atoms with Gasteiger partial charge in [-0.25, -0.2) is 0 Å². The summed E-state index contributed by atoms with van der Waals surface area (Å²) in [6, 6.07) is 0. The average Bonchev–Trinajstić information content (AvgIpc) is 2.06. The van der Waals surface area contributed by atoms with Gasteiger partial charge in [0.05, 0.1) is 0 Å². The van der Waals surface area contributed by atoms with Crippen LogP contribution in [0.3, 0.4) is 0 Å². The lowest BCUT2D eigenvalue weighted by molar-refractivity contribution is 0.621. The maximum absolute atomic E-state index is 3.67. The van der Waals surface area contributed by atoms with E-state index in [1.165, 1.54) is 11.3 Å². The highest BCUT2D eigenvalue weighted by atomic mass is 15.3. The summed E-state index contributed by atoms with van der Waals surface area (Å²) in [6.07, 6.45) is 2.13. The molecule has 1 rings (SSSR count). The van der Waals surface area contributed by atoms with E-state index < -0.39 is 0 Å². The molecule has 3 heteroatoms. The maximum Gasteiger partial charge on any atom is 0.0353 e. The van der Waals surface area contributed by atoms with Crippen molar-refractivity contribution in [1.29, 1.82) is 0 Å². The Morgan fingerprint density at radius 2 is 2.55 bits per heavy atom. The first-order valence-electron chi connectivity index (χ1n) is 4.01. The third-order valence-corrected chi connectivity index (χ3v) is 1.96. The van der Waals surface area contributed by atoms with Gasteiger partial charge in [-0.15, -0.1) is 0 Å². The smallest absolute Gasteiger partial charge is 0.0353 e. The van der Waals surface area contributed by atoms with Crippen LogP contribution in [0.2, 0.25) is 0 Å². The highest BCUT2D eigenvalue weighted by molar-refractivity contribution is 5.24. The van der Waals surface area contributed by atoms with Gasteiger partial charge in [0, 0.05) is 31.9 Å². The van der Waals surface area contributed by atoms with Crippen LogP contribution in [-0.4, -0.2) is 19.8 Å². The first-order valence-corrected chi connectivity index (χ1v) is 4.01. The van der Waals surface area contributed by atoms with Gasteiger partial charge in [0.15, 0.2) is 0 Å². The fourth-order valence-corrected chi connectivity index (χ4v) is 1.30. The Hall–Kier alpha value is -0.830. The SMILES string of the molecule is C=NNC1=C(CC)CNCC1. The molecule has 1 aliphatic rings. The van der Waals surface area contributed by atoms with E-state index in [-0.39, 0.29) is 0 Å². The molecule has 0 radical (unpaired) electrons. The minimum absolute atomic E-state index is 0.994. The minimum atomic E-state index is 0.994. The van der Waals surface area contributed by atoms with Crippen molar-refractivity contribution in [3.05, 3.63) is 11.3 Å². The maximum atomic E-state index is 3.67. The molecule has 1 aliphatic heterocycles. The summed E-state index contributed by atoms with van der Waals surface area (Å²) in [4.78, 5) is 0. The Morgan fingerprint density at radius 3 is 3.18 bits per heavy atom. The molecule has 0 aliphatic carbocycles. The molecule has 11 heavy (non-hydrogen) atoms. The normalized spacial score (nSPS) is 18.3. The first kappa shape index (κ1) is 8.27. The molecule has 1 heterocycles. The zero-order chi connectivity index (χ0) is 8.10. The molecule has 0 spiro atoms. The van der Waals surface area contributed by atoms with Crippen LogP contribution in [0, 0.1) is 0 Å². The predicted octanol–water partition coefficient (Wildman–Crippen LogP) is 0.849. The molecule has 0 amide bonds. The Labute approximate surface area is 67.6 Å². The van der Waals surface area contributed by atoms with Gasteiger partial charge in [0.1, 0.15) is 0 Å². The van der Waals surface area contributed by atoms with Crippen LogP contribution < -0.4 is 10.7 Å². The zero-order valence-corrected chi connectivity index (χ0v) is 6.98. The molecule has 0 unspecified atom stereocenters. The summed E-state index contributed by atoms with van der Waals surface area (Å²) in [7, 11) is 0. The Balaban J connectivity index is 2.64. The van der Waals surface area contributed by atoms with Gasteiger partial charge in [0.25, 0.3) is 0 Å². The lowest BCUT2D eigenvalue weighted by atomic mass is 10.1. The zero-order valence-electron chi connectivity index (χ0n) is 6.98. The Bertz CT molecular complexity index is 172. The van der Waals surface area contributed by atoms with E-state index in [1.807, 2.05) is 0 Å². The lowest BCUT2D eigenvalue weighted by Gasteiger charge is -2.19. The number of hydrazone groups is 1. The molecule has 0 aromatic carbocycles. The number of nitrogens with one attached hydrogen (secondary N) is 2. The Morgan fingerprint density at radius 1 is 1.73 bits per heavy atom.